The molecule has 5 heteroatoms. The SMILES string of the molecule is CCC(=O)OCS(=O)(=O)c1ccccc1. The quantitative estimate of drug-likeness (QED) is 0.730. The maximum Gasteiger partial charge on any atom is 0.306 e. The van der Waals surface area contributed by atoms with E-state index in [0.29, 0.717) is 0 Å². The van der Waals surface area contributed by atoms with E-state index in [-0.39, 0.29) is 11.3 Å². The van der Waals surface area contributed by atoms with Crippen LogP contribution in [0.2, 0.25) is 0 Å². The number of hydrogen-bond acceptors (Lipinski definition) is 4. The zero-order valence-corrected chi connectivity index (χ0v) is 9.16. The summed E-state index contributed by atoms with van der Waals surface area (Å²) >= 11 is 0. The first-order chi connectivity index (χ1) is 7.06. The van der Waals surface area contributed by atoms with Gasteiger partial charge < -0.3 is 4.74 Å². The van der Waals surface area contributed by atoms with Crippen LogP contribution in [-0.2, 0) is 19.4 Å². The first-order valence-corrected chi connectivity index (χ1v) is 6.15. The highest BCUT2D eigenvalue weighted by molar-refractivity contribution is 7.91. The lowest BCUT2D eigenvalue weighted by molar-refractivity contribution is -0.141. The van der Waals surface area contributed by atoms with E-state index in [2.05, 4.69) is 4.74 Å². The Hall–Kier alpha value is -1.36. The lowest BCUT2D eigenvalue weighted by atomic mass is 10.4. The van der Waals surface area contributed by atoms with E-state index in [0.717, 1.165) is 0 Å². The Morgan fingerprint density at radius 3 is 2.40 bits per heavy atom. The van der Waals surface area contributed by atoms with Gasteiger partial charge in [0.25, 0.3) is 0 Å². The van der Waals surface area contributed by atoms with Crippen LogP contribution in [0.3, 0.4) is 0 Å². The van der Waals surface area contributed by atoms with E-state index in [1.807, 2.05) is 0 Å². The van der Waals surface area contributed by atoms with Crippen LogP contribution in [0.1, 0.15) is 13.3 Å². The molecule has 1 rings (SSSR count). The number of ether oxygens (including phenoxy) is 1. The van der Waals surface area contributed by atoms with Gasteiger partial charge in [-0.15, -0.1) is 0 Å². The molecule has 1 aromatic rings. The fourth-order valence-corrected chi connectivity index (χ4v) is 1.94. The first-order valence-electron chi connectivity index (χ1n) is 4.49. The van der Waals surface area contributed by atoms with Gasteiger partial charge in [0.05, 0.1) is 4.90 Å². The van der Waals surface area contributed by atoms with Gasteiger partial charge in [0.2, 0.25) is 9.84 Å². The molecule has 0 fully saturated rings. The highest BCUT2D eigenvalue weighted by atomic mass is 32.2. The molecule has 15 heavy (non-hydrogen) atoms. The van der Waals surface area contributed by atoms with Gasteiger partial charge in [0.15, 0.2) is 5.94 Å². The second-order valence-electron chi connectivity index (χ2n) is 2.92. The van der Waals surface area contributed by atoms with Gasteiger partial charge in [-0.2, -0.15) is 0 Å². The number of hydrogen-bond donors (Lipinski definition) is 0. The Kier molecular flexibility index (Phi) is 3.85. The first kappa shape index (κ1) is 11.7. The van der Waals surface area contributed by atoms with E-state index in [4.69, 9.17) is 0 Å². The topological polar surface area (TPSA) is 60.4 Å². The normalized spacial score (nSPS) is 11.0. The number of sulfone groups is 1. The number of benzene rings is 1. The average molecular weight is 228 g/mol. The van der Waals surface area contributed by atoms with E-state index >= 15 is 0 Å². The van der Waals surface area contributed by atoms with Crippen molar-refractivity contribution in [3.63, 3.8) is 0 Å². The number of carbonyl (C=O) groups excluding carboxylic acids is 1. The van der Waals surface area contributed by atoms with Gasteiger partial charge in [-0.1, -0.05) is 25.1 Å². The molecule has 1 aromatic carbocycles. The largest absolute Gasteiger partial charge is 0.449 e. The predicted molar refractivity (Wildman–Crippen MR) is 54.9 cm³/mol. The monoisotopic (exact) mass is 228 g/mol. The van der Waals surface area contributed by atoms with Crippen molar-refractivity contribution in [2.75, 3.05) is 5.94 Å². The maximum atomic E-state index is 11.6. The smallest absolute Gasteiger partial charge is 0.306 e. The van der Waals surface area contributed by atoms with Crippen molar-refractivity contribution in [1.29, 1.82) is 0 Å². The van der Waals surface area contributed by atoms with Gasteiger partial charge >= 0.3 is 5.97 Å². The maximum absolute atomic E-state index is 11.6. The van der Waals surface area contributed by atoms with Gasteiger partial charge in [-0.05, 0) is 12.1 Å². The Labute approximate surface area is 88.8 Å². The number of esters is 1. The minimum atomic E-state index is -3.51. The summed E-state index contributed by atoms with van der Waals surface area (Å²) in [6.07, 6.45) is 0.171. The summed E-state index contributed by atoms with van der Waals surface area (Å²) < 4.78 is 27.7. The number of rotatable bonds is 4. The molecule has 0 aromatic heterocycles. The third-order valence-electron chi connectivity index (χ3n) is 1.77. The third kappa shape index (κ3) is 3.36. The van der Waals surface area contributed by atoms with Gasteiger partial charge in [0.1, 0.15) is 0 Å². The average Bonchev–Trinajstić information content (AvgIpc) is 2.27. The van der Waals surface area contributed by atoms with Crippen molar-refractivity contribution in [2.24, 2.45) is 0 Å². The van der Waals surface area contributed by atoms with E-state index in [1.54, 1.807) is 25.1 Å². The van der Waals surface area contributed by atoms with Crippen LogP contribution in [-0.4, -0.2) is 20.3 Å². The van der Waals surface area contributed by atoms with Crippen molar-refractivity contribution in [3.8, 4) is 0 Å². The van der Waals surface area contributed by atoms with Crippen LogP contribution in [0.25, 0.3) is 0 Å². The molecule has 0 aliphatic carbocycles. The highest BCUT2D eigenvalue weighted by Gasteiger charge is 2.15. The number of carbonyl (C=O) groups is 1. The summed E-state index contributed by atoms with van der Waals surface area (Å²) in [5.74, 6) is -1.11. The predicted octanol–water partition coefficient (Wildman–Crippen LogP) is 1.37. The minimum absolute atomic E-state index is 0.161. The lowest BCUT2D eigenvalue weighted by Gasteiger charge is -2.04. The molecule has 0 atom stereocenters. The molecular weight excluding hydrogens is 216 g/mol. The highest BCUT2D eigenvalue weighted by Crippen LogP contribution is 2.10. The molecule has 0 saturated carbocycles. The van der Waals surface area contributed by atoms with Crippen LogP contribution < -0.4 is 0 Å². The molecule has 82 valence electrons. The molecule has 0 saturated heterocycles. The molecule has 0 unspecified atom stereocenters. The van der Waals surface area contributed by atoms with Gasteiger partial charge in [-0.3, -0.25) is 4.79 Å². The molecule has 0 spiro atoms. The molecule has 0 N–H and O–H groups in total. The molecular formula is C10H12O4S. The molecule has 0 radical (unpaired) electrons. The van der Waals surface area contributed by atoms with Crippen molar-refractivity contribution in [3.05, 3.63) is 30.3 Å². The molecule has 0 amide bonds. The summed E-state index contributed by atoms with van der Waals surface area (Å²) in [5.41, 5.74) is 0. The van der Waals surface area contributed by atoms with Crippen LogP contribution in [0, 0.1) is 0 Å². The standard InChI is InChI=1S/C10H12O4S/c1-2-10(11)14-8-15(12,13)9-6-4-3-5-7-9/h3-7H,2,8H2,1H3. The summed E-state index contributed by atoms with van der Waals surface area (Å²) in [6, 6.07) is 7.89. The second kappa shape index (κ2) is 4.93. The molecule has 0 aliphatic heterocycles. The summed E-state index contributed by atoms with van der Waals surface area (Å²) in [4.78, 5) is 11.0. The van der Waals surface area contributed by atoms with E-state index in [1.165, 1.54) is 12.1 Å². The Bertz CT molecular complexity index is 422. The Balaban J connectivity index is 2.73. The fourth-order valence-electron chi connectivity index (χ4n) is 0.941. The molecule has 0 aliphatic rings. The van der Waals surface area contributed by atoms with Gasteiger partial charge in [0, 0.05) is 6.42 Å². The summed E-state index contributed by atoms with van der Waals surface area (Å²) in [7, 11) is -3.51. The zero-order chi connectivity index (χ0) is 11.3. The van der Waals surface area contributed by atoms with Crippen molar-refractivity contribution in [2.45, 2.75) is 18.2 Å². The van der Waals surface area contributed by atoms with Gasteiger partial charge in [-0.25, -0.2) is 8.42 Å². The Morgan fingerprint density at radius 2 is 1.87 bits per heavy atom. The van der Waals surface area contributed by atoms with Crippen molar-refractivity contribution >= 4 is 15.8 Å². The second-order valence-corrected chi connectivity index (χ2v) is 4.85. The molecule has 0 heterocycles. The van der Waals surface area contributed by atoms with Crippen LogP contribution in [0.5, 0.6) is 0 Å². The molecule has 0 bridgehead atoms. The van der Waals surface area contributed by atoms with Crippen LogP contribution in [0.4, 0.5) is 0 Å². The summed E-state index contributed by atoms with van der Waals surface area (Å²) in [5, 5.41) is 0. The van der Waals surface area contributed by atoms with E-state index in [9.17, 15) is 13.2 Å². The van der Waals surface area contributed by atoms with Crippen molar-refractivity contribution < 1.29 is 17.9 Å². The third-order valence-corrected chi connectivity index (χ3v) is 3.18. The fraction of sp³-hybridized carbons (Fsp3) is 0.300. The van der Waals surface area contributed by atoms with E-state index < -0.39 is 21.7 Å². The lowest BCUT2D eigenvalue weighted by Crippen LogP contribution is -2.13. The van der Waals surface area contributed by atoms with Crippen LogP contribution >= 0.6 is 0 Å². The minimum Gasteiger partial charge on any atom is -0.449 e. The molecule has 4 nitrogen and oxygen atoms in total. The van der Waals surface area contributed by atoms with Crippen molar-refractivity contribution in [1.82, 2.24) is 0 Å². The Morgan fingerprint density at radius 1 is 1.27 bits per heavy atom. The zero-order valence-electron chi connectivity index (χ0n) is 8.34. The van der Waals surface area contributed by atoms with Crippen LogP contribution in [0.15, 0.2) is 35.2 Å². The summed E-state index contributed by atoms with van der Waals surface area (Å²) in [6.45, 7) is 1.61.